The van der Waals surface area contributed by atoms with Crippen LogP contribution in [0.15, 0.2) is 59.8 Å². The summed E-state index contributed by atoms with van der Waals surface area (Å²) in [6, 6.07) is 18.2. The first-order chi connectivity index (χ1) is 12.2. The Labute approximate surface area is 152 Å². The molecule has 3 aromatic rings. The van der Waals surface area contributed by atoms with Gasteiger partial charge in [-0.2, -0.15) is 0 Å². The van der Waals surface area contributed by atoms with E-state index in [2.05, 4.69) is 34.7 Å². The van der Waals surface area contributed by atoms with Crippen LogP contribution in [0.5, 0.6) is 0 Å². The first kappa shape index (κ1) is 17.5. The predicted octanol–water partition coefficient (Wildman–Crippen LogP) is 4.20. The maximum Gasteiger partial charge on any atom is 0.233 e. The Morgan fingerprint density at radius 1 is 1.08 bits per heavy atom. The summed E-state index contributed by atoms with van der Waals surface area (Å²) in [7, 11) is 0. The number of aryl methyl sites for hydroxylation is 1. The lowest BCUT2D eigenvalue weighted by Gasteiger charge is -2.20. The highest BCUT2D eigenvalue weighted by molar-refractivity contribution is 7.99. The number of amides is 1. The molecular formula is C20H23N3OS. The minimum Gasteiger partial charge on any atom is -0.338 e. The fraction of sp³-hybridized carbons (Fsp3) is 0.300. The normalized spacial score (nSPS) is 11.0. The summed E-state index contributed by atoms with van der Waals surface area (Å²) in [4.78, 5) is 19.2. The van der Waals surface area contributed by atoms with Crippen molar-refractivity contribution in [3.05, 3.63) is 60.2 Å². The van der Waals surface area contributed by atoms with Crippen molar-refractivity contribution in [2.75, 3.05) is 12.3 Å². The van der Waals surface area contributed by atoms with Crippen molar-refractivity contribution in [2.45, 2.75) is 32.1 Å². The number of aromatic nitrogens is 2. The Hall–Kier alpha value is -2.27. The lowest BCUT2D eigenvalue weighted by molar-refractivity contribution is -0.128. The topological polar surface area (TPSA) is 38.1 Å². The largest absolute Gasteiger partial charge is 0.338 e. The average molecular weight is 353 g/mol. The van der Waals surface area contributed by atoms with Gasteiger partial charge in [-0.05, 0) is 31.5 Å². The van der Waals surface area contributed by atoms with Gasteiger partial charge < -0.3 is 9.47 Å². The zero-order valence-electron chi connectivity index (χ0n) is 14.7. The number of thioether (sulfide) groups is 1. The van der Waals surface area contributed by atoms with Crippen molar-refractivity contribution in [3.8, 4) is 0 Å². The lowest BCUT2D eigenvalue weighted by Crippen LogP contribution is -2.31. The molecule has 0 fully saturated rings. The number of imidazole rings is 1. The first-order valence-corrected chi connectivity index (χ1v) is 9.61. The number of hydrogen-bond acceptors (Lipinski definition) is 3. The molecule has 1 heterocycles. The maximum atomic E-state index is 12.6. The van der Waals surface area contributed by atoms with E-state index in [4.69, 9.17) is 0 Å². The van der Waals surface area contributed by atoms with E-state index in [0.29, 0.717) is 18.8 Å². The van der Waals surface area contributed by atoms with Crippen molar-refractivity contribution >= 4 is 28.7 Å². The maximum absolute atomic E-state index is 12.6. The van der Waals surface area contributed by atoms with Gasteiger partial charge in [-0.1, -0.05) is 54.2 Å². The van der Waals surface area contributed by atoms with Gasteiger partial charge in [-0.15, -0.1) is 0 Å². The highest BCUT2D eigenvalue weighted by atomic mass is 32.2. The molecule has 0 saturated carbocycles. The number of carbonyl (C=O) groups excluding carboxylic acids is 1. The highest BCUT2D eigenvalue weighted by Gasteiger charge is 2.15. The van der Waals surface area contributed by atoms with E-state index < -0.39 is 0 Å². The van der Waals surface area contributed by atoms with Crippen LogP contribution in [-0.4, -0.2) is 32.7 Å². The summed E-state index contributed by atoms with van der Waals surface area (Å²) in [5.41, 5.74) is 3.26. The van der Waals surface area contributed by atoms with E-state index in [9.17, 15) is 4.79 Å². The Bertz CT molecular complexity index is 845. The van der Waals surface area contributed by atoms with E-state index in [-0.39, 0.29) is 5.91 Å². The molecular weight excluding hydrogens is 330 g/mol. The summed E-state index contributed by atoms with van der Waals surface area (Å²) >= 11 is 1.52. The SMILES string of the molecule is CCN(Cc1ccccc1)C(=O)CSc1nc2ccccc2n1CC. The quantitative estimate of drug-likeness (QED) is 0.598. The monoisotopic (exact) mass is 353 g/mol. The van der Waals surface area contributed by atoms with Gasteiger partial charge >= 0.3 is 0 Å². The standard InChI is InChI=1S/C20H23N3OS/c1-3-22(14-16-10-6-5-7-11-16)19(24)15-25-20-21-17-12-8-9-13-18(17)23(20)4-2/h5-13H,3-4,14-15H2,1-2H3. The third-order valence-corrected chi connectivity index (χ3v) is 5.17. The zero-order chi connectivity index (χ0) is 17.6. The van der Waals surface area contributed by atoms with Gasteiger partial charge in [-0.25, -0.2) is 4.98 Å². The van der Waals surface area contributed by atoms with Crippen molar-refractivity contribution in [2.24, 2.45) is 0 Å². The summed E-state index contributed by atoms with van der Waals surface area (Å²) in [6.07, 6.45) is 0. The highest BCUT2D eigenvalue weighted by Crippen LogP contribution is 2.24. The van der Waals surface area contributed by atoms with Crippen LogP contribution in [0.3, 0.4) is 0 Å². The van der Waals surface area contributed by atoms with Gasteiger partial charge in [-0.3, -0.25) is 4.79 Å². The van der Waals surface area contributed by atoms with Gasteiger partial charge in [0.2, 0.25) is 5.91 Å². The molecule has 0 aliphatic rings. The minimum atomic E-state index is 0.145. The predicted molar refractivity (Wildman–Crippen MR) is 104 cm³/mol. The molecule has 0 bridgehead atoms. The van der Waals surface area contributed by atoms with E-state index in [1.807, 2.05) is 48.2 Å². The molecule has 1 aromatic heterocycles. The van der Waals surface area contributed by atoms with Crippen LogP contribution in [-0.2, 0) is 17.9 Å². The molecule has 0 aliphatic carbocycles. The van der Waals surface area contributed by atoms with Crippen molar-refractivity contribution < 1.29 is 4.79 Å². The van der Waals surface area contributed by atoms with Crippen molar-refractivity contribution in [1.29, 1.82) is 0 Å². The molecule has 0 radical (unpaired) electrons. The molecule has 1 amide bonds. The van der Waals surface area contributed by atoms with Crippen LogP contribution >= 0.6 is 11.8 Å². The molecule has 0 saturated heterocycles. The summed E-state index contributed by atoms with van der Waals surface area (Å²) in [5.74, 6) is 0.551. The van der Waals surface area contributed by atoms with E-state index >= 15 is 0 Å². The number of fused-ring (bicyclic) bond motifs is 1. The molecule has 0 unspecified atom stereocenters. The second kappa shape index (κ2) is 8.21. The van der Waals surface area contributed by atoms with Crippen LogP contribution in [0.4, 0.5) is 0 Å². The van der Waals surface area contributed by atoms with Gasteiger partial charge in [0.1, 0.15) is 0 Å². The second-order valence-electron chi connectivity index (χ2n) is 5.81. The number of benzene rings is 2. The molecule has 0 atom stereocenters. The summed E-state index contributed by atoms with van der Waals surface area (Å²) < 4.78 is 2.17. The summed E-state index contributed by atoms with van der Waals surface area (Å²) in [5, 5.41) is 0.910. The Balaban J connectivity index is 1.69. The van der Waals surface area contributed by atoms with Crippen LogP contribution < -0.4 is 0 Å². The number of nitrogens with zero attached hydrogens (tertiary/aromatic N) is 3. The van der Waals surface area contributed by atoms with Gasteiger partial charge in [0.15, 0.2) is 5.16 Å². The fourth-order valence-electron chi connectivity index (χ4n) is 2.87. The van der Waals surface area contributed by atoms with Gasteiger partial charge in [0.05, 0.1) is 16.8 Å². The second-order valence-corrected chi connectivity index (χ2v) is 6.75. The van der Waals surface area contributed by atoms with Crippen LogP contribution in [0.1, 0.15) is 19.4 Å². The van der Waals surface area contributed by atoms with E-state index in [1.54, 1.807) is 0 Å². The molecule has 130 valence electrons. The lowest BCUT2D eigenvalue weighted by atomic mass is 10.2. The average Bonchev–Trinajstić information content (AvgIpc) is 3.02. The van der Waals surface area contributed by atoms with Crippen molar-refractivity contribution in [1.82, 2.24) is 14.5 Å². The van der Waals surface area contributed by atoms with Gasteiger partial charge in [0, 0.05) is 19.6 Å². The van der Waals surface area contributed by atoms with Crippen LogP contribution in [0.25, 0.3) is 11.0 Å². The molecule has 5 heteroatoms. The third kappa shape index (κ3) is 4.04. The van der Waals surface area contributed by atoms with Crippen molar-refractivity contribution in [3.63, 3.8) is 0 Å². The van der Waals surface area contributed by atoms with Crippen LogP contribution in [0, 0.1) is 0 Å². The minimum absolute atomic E-state index is 0.145. The smallest absolute Gasteiger partial charge is 0.233 e. The molecule has 0 spiro atoms. The fourth-order valence-corrected chi connectivity index (χ4v) is 3.85. The summed E-state index contributed by atoms with van der Waals surface area (Å²) in [6.45, 7) is 6.33. The zero-order valence-corrected chi connectivity index (χ0v) is 15.5. The third-order valence-electron chi connectivity index (χ3n) is 4.21. The molecule has 0 aliphatic heterocycles. The van der Waals surface area contributed by atoms with E-state index in [0.717, 1.165) is 28.3 Å². The number of carbonyl (C=O) groups is 1. The number of rotatable bonds is 7. The first-order valence-electron chi connectivity index (χ1n) is 8.62. The van der Waals surface area contributed by atoms with E-state index in [1.165, 1.54) is 11.8 Å². The molecule has 3 rings (SSSR count). The Kier molecular flexibility index (Phi) is 5.76. The Morgan fingerprint density at radius 3 is 2.52 bits per heavy atom. The molecule has 25 heavy (non-hydrogen) atoms. The number of para-hydroxylation sites is 2. The van der Waals surface area contributed by atoms with Gasteiger partial charge in [0.25, 0.3) is 0 Å². The molecule has 2 aromatic carbocycles. The Morgan fingerprint density at radius 2 is 1.80 bits per heavy atom. The molecule has 4 nitrogen and oxygen atoms in total. The number of hydrogen-bond donors (Lipinski definition) is 0. The van der Waals surface area contributed by atoms with Crippen LogP contribution in [0.2, 0.25) is 0 Å². The molecule has 0 N–H and O–H groups in total.